The molecule has 1 aliphatic heterocycles. The van der Waals surface area contributed by atoms with Crippen molar-refractivity contribution in [3.05, 3.63) is 70.3 Å². The van der Waals surface area contributed by atoms with E-state index in [1.54, 1.807) is 43.2 Å². The van der Waals surface area contributed by atoms with Gasteiger partial charge in [-0.05, 0) is 37.1 Å². The molecule has 0 atom stereocenters. The summed E-state index contributed by atoms with van der Waals surface area (Å²) < 4.78 is 17.4. The molecular weight excluding hydrogens is 431 g/mol. The van der Waals surface area contributed by atoms with Crippen LogP contribution in [-0.4, -0.2) is 39.3 Å². The lowest BCUT2D eigenvalue weighted by Gasteiger charge is -2.17. The maximum absolute atomic E-state index is 15.8. The van der Waals surface area contributed by atoms with Gasteiger partial charge in [0.25, 0.3) is 0 Å². The molecule has 2 aromatic carbocycles. The lowest BCUT2D eigenvalue weighted by molar-refractivity contribution is 0.1000. The molecule has 0 aliphatic carbocycles. The minimum Gasteiger partial charge on any atom is -0.325 e. The van der Waals surface area contributed by atoms with E-state index >= 15 is 4.39 Å². The number of halogens is 1. The van der Waals surface area contributed by atoms with Crippen LogP contribution in [0.5, 0.6) is 0 Å². The summed E-state index contributed by atoms with van der Waals surface area (Å²) in [5.41, 5.74) is 11.7. The molecule has 0 spiro atoms. The highest BCUT2D eigenvalue weighted by atomic mass is 19.1. The Bertz CT molecular complexity index is 1590. The van der Waals surface area contributed by atoms with Crippen molar-refractivity contribution in [2.24, 2.45) is 17.8 Å². The van der Waals surface area contributed by atoms with E-state index in [4.69, 9.17) is 5.73 Å². The van der Waals surface area contributed by atoms with Crippen molar-refractivity contribution < 1.29 is 9.18 Å². The monoisotopic (exact) mass is 452 g/mol. The Balaban J connectivity index is 1.81. The van der Waals surface area contributed by atoms with Crippen LogP contribution in [0.4, 0.5) is 4.39 Å². The molecule has 0 saturated heterocycles. The summed E-state index contributed by atoms with van der Waals surface area (Å²) in [5.74, 6) is -0.585. The number of nitrogens with two attached hydrogens (primary N) is 1. The second-order valence-corrected chi connectivity index (χ2v) is 8.39. The van der Waals surface area contributed by atoms with E-state index in [0.717, 1.165) is 11.1 Å². The molecule has 34 heavy (non-hydrogen) atoms. The van der Waals surface area contributed by atoms with Gasteiger partial charge in [0.15, 0.2) is 5.78 Å². The van der Waals surface area contributed by atoms with Gasteiger partial charge in [0, 0.05) is 47.4 Å². The third-order valence-electron chi connectivity index (χ3n) is 6.28. The first kappa shape index (κ1) is 21.6. The van der Waals surface area contributed by atoms with Gasteiger partial charge in [-0.25, -0.2) is 4.39 Å². The highest BCUT2D eigenvalue weighted by molar-refractivity contribution is 6.16. The van der Waals surface area contributed by atoms with Gasteiger partial charge in [0.05, 0.1) is 34.2 Å². The number of rotatable bonds is 3. The molecule has 0 fully saturated rings. The van der Waals surface area contributed by atoms with Gasteiger partial charge >= 0.3 is 0 Å². The number of aryl methyl sites for hydroxylation is 3. The van der Waals surface area contributed by atoms with Crippen LogP contribution in [0.25, 0.3) is 33.3 Å². The molecule has 168 valence electrons. The van der Waals surface area contributed by atoms with Crippen molar-refractivity contribution in [1.29, 1.82) is 5.26 Å². The molecule has 5 rings (SSSR count). The molecule has 3 heterocycles. The van der Waals surface area contributed by atoms with Gasteiger partial charge in [-0.3, -0.25) is 19.5 Å². The molecule has 0 radical (unpaired) electrons. The third-order valence-corrected chi connectivity index (χ3v) is 6.28. The fourth-order valence-corrected chi connectivity index (χ4v) is 4.58. The van der Waals surface area contributed by atoms with Gasteiger partial charge in [-0.1, -0.05) is 12.1 Å². The number of nitriles is 1. The van der Waals surface area contributed by atoms with E-state index in [-0.39, 0.29) is 30.0 Å². The summed E-state index contributed by atoms with van der Waals surface area (Å²) in [6.45, 7) is 3.83. The summed E-state index contributed by atoms with van der Waals surface area (Å²) in [5, 5.41) is 15.1. The largest absolute Gasteiger partial charge is 0.325 e. The zero-order chi connectivity index (χ0) is 24.1. The Morgan fingerprint density at radius 3 is 2.71 bits per heavy atom. The number of hydrogen-bond acceptors (Lipinski definition) is 6. The maximum atomic E-state index is 15.8. The van der Waals surface area contributed by atoms with Crippen molar-refractivity contribution in [2.45, 2.75) is 13.8 Å². The minimum absolute atomic E-state index is 0.0732. The first-order chi connectivity index (χ1) is 16.3. The predicted molar refractivity (Wildman–Crippen MR) is 128 cm³/mol. The van der Waals surface area contributed by atoms with Crippen molar-refractivity contribution in [2.75, 3.05) is 13.1 Å². The predicted octanol–water partition coefficient (Wildman–Crippen LogP) is 3.87. The number of ketones is 1. The number of hydrogen-bond donors (Lipinski definition) is 1. The standard InChI is InChI=1S/C26H21FN6O/c1-13-6-18-19(8-28)23(24(27)14(2)25(18)31-10-13)26-20(11-32-33(26)3)15-4-5-16-17(7-15)21(9-29)30-12-22(16)34/h4-7,10-11H,9,12,29H2,1-3H3. The minimum atomic E-state index is -0.511. The van der Waals surface area contributed by atoms with Crippen LogP contribution in [0, 0.1) is 31.0 Å². The van der Waals surface area contributed by atoms with Crippen molar-refractivity contribution in [1.82, 2.24) is 14.8 Å². The number of carbonyl (C=O) groups excluding carboxylic acids is 1. The Labute approximate surface area is 195 Å². The number of benzene rings is 2. The van der Waals surface area contributed by atoms with E-state index < -0.39 is 5.82 Å². The van der Waals surface area contributed by atoms with Crippen LogP contribution >= 0.6 is 0 Å². The van der Waals surface area contributed by atoms with Crippen LogP contribution in [-0.2, 0) is 7.05 Å². The molecular formula is C26H21FN6O. The first-order valence-electron chi connectivity index (χ1n) is 10.8. The SMILES string of the molecule is Cc1cnc2c(C)c(F)c(-c3c(-c4ccc5c(c4)C(CN)=NCC5=O)cnn3C)c(C#N)c2c1. The van der Waals surface area contributed by atoms with E-state index in [9.17, 15) is 10.1 Å². The normalized spacial score (nSPS) is 13.1. The molecule has 0 unspecified atom stereocenters. The van der Waals surface area contributed by atoms with Crippen molar-refractivity contribution in [3.63, 3.8) is 0 Å². The fourth-order valence-electron chi connectivity index (χ4n) is 4.58. The Morgan fingerprint density at radius 1 is 1.18 bits per heavy atom. The number of aromatic nitrogens is 3. The van der Waals surface area contributed by atoms with Gasteiger partial charge < -0.3 is 5.73 Å². The highest BCUT2D eigenvalue weighted by Crippen LogP contribution is 2.40. The van der Waals surface area contributed by atoms with Gasteiger partial charge in [-0.2, -0.15) is 10.4 Å². The zero-order valence-corrected chi connectivity index (χ0v) is 19.0. The molecule has 0 saturated carbocycles. The number of aliphatic imine (C=N–C) groups is 1. The summed E-state index contributed by atoms with van der Waals surface area (Å²) in [7, 11) is 1.71. The molecule has 2 N–H and O–H groups in total. The van der Waals surface area contributed by atoms with E-state index in [2.05, 4.69) is 21.1 Å². The molecule has 2 aromatic heterocycles. The molecule has 0 bridgehead atoms. The topological polar surface area (TPSA) is 110 Å². The van der Waals surface area contributed by atoms with Crippen LogP contribution in [0.1, 0.15) is 32.6 Å². The second kappa shape index (κ2) is 7.97. The van der Waals surface area contributed by atoms with Crippen LogP contribution in [0.15, 0.2) is 41.7 Å². The lowest BCUT2D eigenvalue weighted by Crippen LogP contribution is -2.24. The first-order valence-corrected chi connectivity index (χ1v) is 10.8. The average molecular weight is 452 g/mol. The number of Topliss-reactive ketones (excluding diaryl/α,β-unsaturated/α-hetero) is 1. The van der Waals surface area contributed by atoms with Crippen LogP contribution in [0.3, 0.4) is 0 Å². The van der Waals surface area contributed by atoms with E-state index in [0.29, 0.717) is 44.6 Å². The Morgan fingerprint density at radius 2 is 1.97 bits per heavy atom. The quantitative estimate of drug-likeness (QED) is 0.507. The van der Waals surface area contributed by atoms with Crippen LogP contribution in [0.2, 0.25) is 0 Å². The number of carbonyl (C=O) groups is 1. The second-order valence-electron chi connectivity index (χ2n) is 8.39. The fraction of sp³-hybridized carbons (Fsp3) is 0.192. The van der Waals surface area contributed by atoms with Gasteiger partial charge in [0.2, 0.25) is 0 Å². The number of fused-ring (bicyclic) bond motifs is 2. The van der Waals surface area contributed by atoms with Crippen LogP contribution < -0.4 is 5.73 Å². The molecule has 7 nitrogen and oxygen atoms in total. The molecule has 4 aromatic rings. The number of nitrogens with zero attached hydrogens (tertiary/aromatic N) is 5. The van der Waals surface area contributed by atoms with Crippen molar-refractivity contribution in [3.8, 4) is 28.5 Å². The molecule has 8 heteroatoms. The summed E-state index contributed by atoms with van der Waals surface area (Å²) in [6, 6.07) is 9.43. The van der Waals surface area contributed by atoms with E-state index in [1.165, 1.54) is 0 Å². The lowest BCUT2D eigenvalue weighted by atomic mass is 9.89. The smallest absolute Gasteiger partial charge is 0.184 e. The average Bonchev–Trinajstić information content (AvgIpc) is 3.22. The third kappa shape index (κ3) is 3.13. The maximum Gasteiger partial charge on any atom is 0.184 e. The Kier molecular flexibility index (Phi) is 5.07. The zero-order valence-electron chi connectivity index (χ0n) is 19.0. The summed E-state index contributed by atoms with van der Waals surface area (Å²) >= 11 is 0. The summed E-state index contributed by atoms with van der Waals surface area (Å²) in [4.78, 5) is 21.0. The summed E-state index contributed by atoms with van der Waals surface area (Å²) in [6.07, 6.45) is 3.30. The van der Waals surface area contributed by atoms with E-state index in [1.807, 2.05) is 19.1 Å². The molecule has 1 aliphatic rings. The number of pyridine rings is 1. The Hall–Kier alpha value is -4.22. The van der Waals surface area contributed by atoms with Gasteiger partial charge in [0.1, 0.15) is 18.4 Å². The van der Waals surface area contributed by atoms with Gasteiger partial charge in [-0.15, -0.1) is 0 Å². The molecule has 0 amide bonds. The highest BCUT2D eigenvalue weighted by Gasteiger charge is 2.26. The van der Waals surface area contributed by atoms with Crippen molar-refractivity contribution >= 4 is 22.4 Å².